The Morgan fingerprint density at radius 3 is 2.83 bits per heavy atom. The molecule has 3 heterocycles. The molecule has 8 nitrogen and oxygen atoms in total. The average Bonchev–Trinajstić information content (AvgIpc) is 3.09. The second kappa shape index (κ2) is 7.77. The van der Waals surface area contributed by atoms with E-state index in [2.05, 4.69) is 10.3 Å². The maximum atomic E-state index is 12.6. The molecule has 1 N–H and O–H groups in total. The molecule has 1 spiro atoms. The number of carbonyl (C=O) groups excluding carboxylic acids is 2. The van der Waals surface area contributed by atoms with Crippen molar-refractivity contribution in [3.05, 3.63) is 42.0 Å². The smallest absolute Gasteiger partial charge is 0.255 e. The van der Waals surface area contributed by atoms with Gasteiger partial charge in [0.2, 0.25) is 5.91 Å². The molecule has 1 aromatic heterocycles. The number of methoxy groups -OCH3 is 1. The first-order valence-electron chi connectivity index (χ1n) is 9.90. The fourth-order valence-electron chi connectivity index (χ4n) is 3.96. The molecule has 0 atom stereocenters. The highest BCUT2D eigenvalue weighted by atomic mass is 16.5. The quantitative estimate of drug-likeness (QED) is 0.848. The van der Waals surface area contributed by atoms with Gasteiger partial charge in [-0.3, -0.25) is 9.59 Å². The molecule has 1 fully saturated rings. The van der Waals surface area contributed by atoms with Crippen molar-refractivity contribution in [1.29, 1.82) is 0 Å². The Hall–Kier alpha value is -3.03. The van der Waals surface area contributed by atoms with Crippen LogP contribution in [0.3, 0.4) is 0 Å². The monoisotopic (exact) mass is 398 g/mol. The number of likely N-dealkylation sites (tertiary alicyclic amines) is 1. The number of benzene rings is 1. The maximum Gasteiger partial charge on any atom is 0.255 e. The minimum absolute atomic E-state index is 0.132. The van der Waals surface area contributed by atoms with Crippen molar-refractivity contribution >= 4 is 11.8 Å². The normalized spacial score (nSPS) is 17.9. The topological polar surface area (TPSA) is 85.7 Å². The first kappa shape index (κ1) is 19.3. The summed E-state index contributed by atoms with van der Waals surface area (Å²) in [7, 11) is 1.59. The zero-order valence-electron chi connectivity index (χ0n) is 16.8. The van der Waals surface area contributed by atoms with E-state index in [1.807, 2.05) is 22.6 Å². The van der Waals surface area contributed by atoms with E-state index in [9.17, 15) is 9.59 Å². The first-order chi connectivity index (χ1) is 14.0. The summed E-state index contributed by atoms with van der Waals surface area (Å²) in [4.78, 5) is 31.1. The zero-order valence-corrected chi connectivity index (χ0v) is 16.8. The van der Waals surface area contributed by atoms with Gasteiger partial charge in [-0.05, 0) is 19.1 Å². The van der Waals surface area contributed by atoms with Crippen LogP contribution in [0, 0.1) is 6.92 Å². The summed E-state index contributed by atoms with van der Waals surface area (Å²) in [5.74, 6) is 2.08. The summed E-state index contributed by atoms with van der Waals surface area (Å²) in [6.07, 6.45) is 5.41. The molecule has 0 bridgehead atoms. The maximum absolute atomic E-state index is 12.6. The molecule has 0 radical (unpaired) electrons. The number of hydrogen-bond donors (Lipinski definition) is 1. The van der Waals surface area contributed by atoms with Crippen LogP contribution >= 0.6 is 0 Å². The fraction of sp³-hybridized carbons (Fsp3) is 0.476. The first-order valence-corrected chi connectivity index (χ1v) is 9.90. The van der Waals surface area contributed by atoms with Gasteiger partial charge in [0.25, 0.3) is 5.91 Å². The van der Waals surface area contributed by atoms with Crippen LogP contribution in [0.15, 0.2) is 30.6 Å². The highest BCUT2D eigenvalue weighted by Crippen LogP contribution is 2.35. The van der Waals surface area contributed by atoms with Gasteiger partial charge < -0.3 is 24.3 Å². The minimum atomic E-state index is -0.509. The SMILES string of the molecule is COc1ccc2c(c1)OC1(CCN(C(=O)CCn3ccnc3C)CC1)CNC2=O. The van der Waals surface area contributed by atoms with Gasteiger partial charge in [-0.1, -0.05) is 0 Å². The number of carbonyl (C=O) groups is 2. The van der Waals surface area contributed by atoms with Crippen LogP contribution in [-0.2, 0) is 11.3 Å². The van der Waals surface area contributed by atoms with Crippen LogP contribution < -0.4 is 14.8 Å². The van der Waals surface area contributed by atoms with Crippen molar-refractivity contribution < 1.29 is 19.1 Å². The van der Waals surface area contributed by atoms with Gasteiger partial charge in [0.15, 0.2) is 0 Å². The van der Waals surface area contributed by atoms with Crippen molar-refractivity contribution in [1.82, 2.24) is 19.8 Å². The number of ether oxygens (including phenoxy) is 2. The van der Waals surface area contributed by atoms with Crippen LogP contribution in [0.4, 0.5) is 0 Å². The van der Waals surface area contributed by atoms with E-state index in [1.54, 1.807) is 31.5 Å². The van der Waals surface area contributed by atoms with Crippen molar-refractivity contribution in [2.45, 2.75) is 38.3 Å². The second-order valence-corrected chi connectivity index (χ2v) is 7.63. The third kappa shape index (κ3) is 3.92. The average molecular weight is 398 g/mol. The minimum Gasteiger partial charge on any atom is -0.497 e. The summed E-state index contributed by atoms with van der Waals surface area (Å²) in [5, 5.41) is 2.97. The van der Waals surface area contributed by atoms with Crippen LogP contribution in [0.1, 0.15) is 35.4 Å². The number of aromatic nitrogens is 2. The van der Waals surface area contributed by atoms with Gasteiger partial charge >= 0.3 is 0 Å². The molecule has 29 heavy (non-hydrogen) atoms. The van der Waals surface area contributed by atoms with E-state index >= 15 is 0 Å². The molecule has 0 aliphatic carbocycles. The largest absolute Gasteiger partial charge is 0.497 e. The Kier molecular flexibility index (Phi) is 5.17. The predicted molar refractivity (Wildman–Crippen MR) is 106 cm³/mol. The highest BCUT2D eigenvalue weighted by Gasteiger charge is 2.41. The molecule has 4 rings (SSSR count). The molecule has 2 amide bonds. The highest BCUT2D eigenvalue weighted by molar-refractivity contribution is 5.97. The summed E-state index contributed by atoms with van der Waals surface area (Å²) in [6.45, 7) is 4.21. The van der Waals surface area contributed by atoms with Gasteiger partial charge in [-0.2, -0.15) is 0 Å². The lowest BCUT2D eigenvalue weighted by atomic mass is 9.90. The molecule has 2 aliphatic rings. The lowest BCUT2D eigenvalue weighted by molar-refractivity contribution is -0.134. The Balaban J connectivity index is 1.40. The third-order valence-electron chi connectivity index (χ3n) is 5.85. The van der Waals surface area contributed by atoms with Crippen molar-refractivity contribution in [3.63, 3.8) is 0 Å². The molecule has 8 heteroatoms. The van der Waals surface area contributed by atoms with Crippen LogP contribution in [-0.4, -0.2) is 58.6 Å². The zero-order chi connectivity index (χ0) is 20.4. The van der Waals surface area contributed by atoms with Crippen molar-refractivity contribution in [2.75, 3.05) is 26.7 Å². The van der Waals surface area contributed by atoms with Gasteiger partial charge in [0, 0.05) is 57.4 Å². The summed E-state index contributed by atoms with van der Waals surface area (Å²) in [5.41, 5.74) is 0.00207. The summed E-state index contributed by atoms with van der Waals surface area (Å²) >= 11 is 0. The summed E-state index contributed by atoms with van der Waals surface area (Å²) < 4.78 is 13.6. The Morgan fingerprint density at radius 1 is 1.34 bits per heavy atom. The molecule has 0 unspecified atom stereocenters. The lowest BCUT2D eigenvalue weighted by Gasteiger charge is -2.41. The molecule has 2 aromatic rings. The second-order valence-electron chi connectivity index (χ2n) is 7.63. The van der Waals surface area contributed by atoms with E-state index < -0.39 is 5.60 Å². The van der Waals surface area contributed by atoms with E-state index in [0.29, 0.717) is 62.5 Å². The number of aryl methyl sites for hydroxylation is 2. The predicted octanol–water partition coefficient (Wildman–Crippen LogP) is 1.77. The molecule has 1 aromatic carbocycles. The van der Waals surface area contributed by atoms with Gasteiger partial charge in [-0.25, -0.2) is 4.98 Å². The van der Waals surface area contributed by atoms with Gasteiger partial charge in [0.1, 0.15) is 22.9 Å². The number of rotatable bonds is 4. The molecule has 1 saturated heterocycles. The van der Waals surface area contributed by atoms with Crippen LogP contribution in [0.25, 0.3) is 0 Å². The van der Waals surface area contributed by atoms with E-state index in [1.165, 1.54) is 0 Å². The van der Waals surface area contributed by atoms with Gasteiger partial charge in [-0.15, -0.1) is 0 Å². The number of fused-ring (bicyclic) bond motifs is 1. The number of piperidine rings is 1. The lowest BCUT2D eigenvalue weighted by Crippen LogP contribution is -2.54. The molecule has 2 aliphatic heterocycles. The Labute approximate surface area is 169 Å². The molecular weight excluding hydrogens is 372 g/mol. The van der Waals surface area contributed by atoms with Crippen molar-refractivity contribution in [3.8, 4) is 11.5 Å². The summed E-state index contributed by atoms with van der Waals surface area (Å²) in [6, 6.07) is 5.23. The standard InChI is InChI=1S/C21H26N4O4/c1-15-22-8-12-24(15)9-5-19(26)25-10-6-21(7-11-25)14-23-20(27)17-4-3-16(28-2)13-18(17)29-21/h3-4,8,12-13H,5-7,9-11,14H2,1-2H3,(H,23,27). The van der Waals surface area contributed by atoms with Crippen LogP contribution in [0.5, 0.6) is 11.5 Å². The molecular formula is C21H26N4O4. The molecule has 154 valence electrons. The Morgan fingerprint density at radius 2 is 2.14 bits per heavy atom. The fourth-order valence-corrected chi connectivity index (χ4v) is 3.96. The van der Waals surface area contributed by atoms with Crippen molar-refractivity contribution in [2.24, 2.45) is 0 Å². The van der Waals surface area contributed by atoms with E-state index in [0.717, 1.165) is 5.82 Å². The Bertz CT molecular complexity index is 915. The van der Waals surface area contributed by atoms with E-state index in [-0.39, 0.29) is 11.8 Å². The number of nitrogens with one attached hydrogen (secondary N) is 1. The number of nitrogens with zero attached hydrogens (tertiary/aromatic N) is 3. The van der Waals surface area contributed by atoms with Crippen LogP contribution in [0.2, 0.25) is 0 Å². The number of imidazole rings is 1. The molecule has 0 saturated carbocycles. The number of amides is 2. The van der Waals surface area contributed by atoms with E-state index in [4.69, 9.17) is 9.47 Å². The number of hydrogen-bond acceptors (Lipinski definition) is 5. The third-order valence-corrected chi connectivity index (χ3v) is 5.85. The van der Waals surface area contributed by atoms with Gasteiger partial charge in [0.05, 0.1) is 19.2 Å².